The molecule has 12 heteroatoms. The fourth-order valence-corrected chi connectivity index (χ4v) is 4.59. The molecular weight excluding hydrogens is 545 g/mol. The van der Waals surface area contributed by atoms with E-state index in [1.165, 1.54) is 0 Å². The zero-order valence-corrected chi connectivity index (χ0v) is 21.9. The third-order valence-electron chi connectivity index (χ3n) is 4.94. The zero-order chi connectivity index (χ0) is 22.3. The van der Waals surface area contributed by atoms with Crippen LogP contribution in [0.3, 0.4) is 0 Å². The maximum Gasteiger partial charge on any atom is 0.216 e. The number of piperazine rings is 1. The second-order valence-electron chi connectivity index (χ2n) is 7.50. The van der Waals surface area contributed by atoms with Crippen molar-refractivity contribution in [1.29, 1.82) is 0 Å². The summed E-state index contributed by atoms with van der Waals surface area (Å²) in [6.45, 7) is 6.62. The highest BCUT2D eigenvalue weighted by Gasteiger charge is 2.28. The van der Waals surface area contributed by atoms with Gasteiger partial charge in [-0.25, -0.2) is 18.1 Å². The Morgan fingerprint density at radius 2 is 2.00 bits per heavy atom. The van der Waals surface area contributed by atoms with Crippen LogP contribution >= 0.6 is 24.0 Å². The minimum atomic E-state index is -3.31. The fraction of sp³-hybridized carbons (Fsp3) is 0.550. The Labute approximate surface area is 207 Å². The van der Waals surface area contributed by atoms with Gasteiger partial charge in [-0.2, -0.15) is 9.40 Å². The summed E-state index contributed by atoms with van der Waals surface area (Å²) >= 11 is 0. The van der Waals surface area contributed by atoms with Crippen molar-refractivity contribution < 1.29 is 13.2 Å². The zero-order valence-electron chi connectivity index (χ0n) is 18.7. The van der Waals surface area contributed by atoms with Crippen LogP contribution in [0.25, 0.3) is 5.82 Å². The van der Waals surface area contributed by atoms with Gasteiger partial charge in [0.25, 0.3) is 0 Å². The first-order chi connectivity index (χ1) is 14.9. The summed E-state index contributed by atoms with van der Waals surface area (Å²) in [5, 5.41) is 7.57. The fourth-order valence-electron chi connectivity index (χ4n) is 3.31. The van der Waals surface area contributed by atoms with Crippen LogP contribution in [0.15, 0.2) is 41.8 Å². The quantitative estimate of drug-likeness (QED) is 0.287. The Hall–Kier alpha value is -1.77. The van der Waals surface area contributed by atoms with Crippen LogP contribution in [0.1, 0.15) is 19.4 Å². The van der Waals surface area contributed by atoms with Gasteiger partial charge in [-0.1, -0.05) is 0 Å². The minimum absolute atomic E-state index is 0. The number of hydrogen-bond acceptors (Lipinski definition) is 6. The number of nitrogens with zero attached hydrogens (tertiary/aromatic N) is 6. The summed E-state index contributed by atoms with van der Waals surface area (Å²) in [5.74, 6) is 1.51. The van der Waals surface area contributed by atoms with E-state index in [1.807, 2.05) is 38.2 Å². The predicted molar refractivity (Wildman–Crippen MR) is 135 cm³/mol. The molecule has 1 aliphatic heterocycles. The molecule has 3 rings (SSSR count). The van der Waals surface area contributed by atoms with Crippen LogP contribution in [0.4, 0.5) is 0 Å². The van der Waals surface area contributed by atoms with Crippen molar-refractivity contribution in [1.82, 2.24) is 29.3 Å². The molecule has 0 radical (unpaired) electrons. The molecule has 0 saturated carbocycles. The van der Waals surface area contributed by atoms with Gasteiger partial charge < -0.3 is 15.0 Å². The average Bonchev–Trinajstić information content (AvgIpc) is 3.29. The monoisotopic (exact) mass is 577 g/mol. The van der Waals surface area contributed by atoms with Gasteiger partial charge in [0, 0.05) is 58.4 Å². The van der Waals surface area contributed by atoms with E-state index in [0.29, 0.717) is 32.7 Å². The first kappa shape index (κ1) is 26.5. The van der Waals surface area contributed by atoms with Crippen LogP contribution in [-0.4, -0.2) is 90.0 Å². The van der Waals surface area contributed by atoms with Gasteiger partial charge in [0.05, 0.1) is 18.5 Å². The molecule has 0 atom stereocenters. The molecule has 0 bridgehead atoms. The Bertz CT molecular complexity index is 959. The number of ether oxygens (including phenoxy) is 1. The Morgan fingerprint density at radius 1 is 1.25 bits per heavy atom. The molecule has 0 spiro atoms. The number of guanidine groups is 1. The Morgan fingerprint density at radius 3 is 2.62 bits per heavy atom. The topological polar surface area (TPSA) is 105 Å². The second-order valence-corrected chi connectivity index (χ2v) is 9.58. The van der Waals surface area contributed by atoms with E-state index < -0.39 is 10.0 Å². The maximum absolute atomic E-state index is 12.5. The molecule has 1 fully saturated rings. The number of pyridine rings is 1. The third-order valence-corrected chi connectivity index (χ3v) is 6.77. The summed E-state index contributed by atoms with van der Waals surface area (Å²) in [5.41, 5.74) is 1.05. The molecule has 1 saturated heterocycles. The largest absolute Gasteiger partial charge is 0.378 e. The number of nitrogens with one attached hydrogen (secondary N) is 1. The number of aliphatic imine (C=N–C) groups is 1. The molecular formula is C20H32IN7O3S. The normalized spacial score (nSPS) is 15.6. The van der Waals surface area contributed by atoms with Gasteiger partial charge in [0.2, 0.25) is 10.0 Å². The number of rotatable bonds is 8. The van der Waals surface area contributed by atoms with Crippen molar-refractivity contribution in [2.45, 2.75) is 26.5 Å². The standard InChI is InChI=1S/C20H31N7O3S.HI/c1-17(2)30-13-14-31(28,29)26-11-9-25(10-12-26)20(21-3)23-16-18-5-7-22-19(15-18)27-8-4-6-24-27;/h4-8,15,17H,9-14,16H2,1-3H3,(H,21,23);1H. The van der Waals surface area contributed by atoms with Crippen molar-refractivity contribution in [3.05, 3.63) is 42.4 Å². The van der Waals surface area contributed by atoms with Gasteiger partial charge in [0.15, 0.2) is 11.8 Å². The molecule has 1 aliphatic rings. The summed E-state index contributed by atoms with van der Waals surface area (Å²) < 4.78 is 33.7. The molecule has 3 heterocycles. The third kappa shape index (κ3) is 7.39. The summed E-state index contributed by atoms with van der Waals surface area (Å²) in [6.07, 6.45) is 5.34. The van der Waals surface area contributed by atoms with E-state index in [1.54, 1.807) is 28.4 Å². The van der Waals surface area contributed by atoms with Crippen LogP contribution in [0.5, 0.6) is 0 Å². The molecule has 178 valence electrons. The highest BCUT2D eigenvalue weighted by Crippen LogP contribution is 2.10. The summed E-state index contributed by atoms with van der Waals surface area (Å²) in [7, 11) is -1.58. The lowest BCUT2D eigenvalue weighted by Gasteiger charge is -2.35. The van der Waals surface area contributed by atoms with Gasteiger partial charge in [-0.15, -0.1) is 24.0 Å². The predicted octanol–water partition coefficient (Wildman–Crippen LogP) is 1.33. The average molecular weight is 577 g/mol. The van der Waals surface area contributed by atoms with Crippen LogP contribution < -0.4 is 5.32 Å². The molecule has 2 aromatic rings. The number of halogens is 1. The molecule has 0 amide bonds. The van der Waals surface area contributed by atoms with E-state index >= 15 is 0 Å². The van der Waals surface area contributed by atoms with Crippen LogP contribution in [0.2, 0.25) is 0 Å². The first-order valence-electron chi connectivity index (χ1n) is 10.4. The number of aromatic nitrogens is 3. The van der Waals surface area contributed by atoms with Crippen molar-refractivity contribution in [3.63, 3.8) is 0 Å². The van der Waals surface area contributed by atoms with Gasteiger partial charge in [0.1, 0.15) is 0 Å². The highest BCUT2D eigenvalue weighted by molar-refractivity contribution is 14.0. The Kier molecular flexibility index (Phi) is 10.3. The van der Waals surface area contributed by atoms with Crippen LogP contribution in [0, 0.1) is 0 Å². The van der Waals surface area contributed by atoms with E-state index in [-0.39, 0.29) is 42.4 Å². The lowest BCUT2D eigenvalue weighted by molar-refractivity contribution is 0.0904. The summed E-state index contributed by atoms with van der Waals surface area (Å²) in [6, 6.07) is 5.76. The molecule has 0 aliphatic carbocycles. The molecule has 0 aromatic carbocycles. The van der Waals surface area contributed by atoms with Crippen LogP contribution in [-0.2, 0) is 21.3 Å². The SMILES string of the molecule is CN=C(NCc1ccnc(-n2cccn2)c1)N1CCN(S(=O)(=O)CCOC(C)C)CC1.I. The van der Waals surface area contributed by atoms with E-state index in [4.69, 9.17) is 4.74 Å². The van der Waals surface area contributed by atoms with E-state index in [9.17, 15) is 8.42 Å². The molecule has 2 aromatic heterocycles. The molecule has 0 unspecified atom stereocenters. The van der Waals surface area contributed by atoms with Gasteiger partial charge in [-0.05, 0) is 37.6 Å². The van der Waals surface area contributed by atoms with Crippen molar-refractivity contribution >= 4 is 40.0 Å². The van der Waals surface area contributed by atoms with E-state index in [2.05, 4.69) is 25.3 Å². The molecule has 10 nitrogen and oxygen atoms in total. The molecule has 32 heavy (non-hydrogen) atoms. The maximum atomic E-state index is 12.5. The lowest BCUT2D eigenvalue weighted by Crippen LogP contribution is -2.54. The van der Waals surface area contributed by atoms with Crippen molar-refractivity contribution in [2.24, 2.45) is 4.99 Å². The minimum Gasteiger partial charge on any atom is -0.378 e. The van der Waals surface area contributed by atoms with Gasteiger partial charge >= 0.3 is 0 Å². The lowest BCUT2D eigenvalue weighted by atomic mass is 10.2. The smallest absolute Gasteiger partial charge is 0.216 e. The van der Waals surface area contributed by atoms with Crippen molar-refractivity contribution in [2.75, 3.05) is 45.6 Å². The van der Waals surface area contributed by atoms with E-state index in [0.717, 1.165) is 17.3 Å². The second kappa shape index (κ2) is 12.5. The highest BCUT2D eigenvalue weighted by atomic mass is 127. The van der Waals surface area contributed by atoms with Gasteiger partial charge in [-0.3, -0.25) is 4.99 Å². The number of hydrogen-bond donors (Lipinski definition) is 1. The summed E-state index contributed by atoms with van der Waals surface area (Å²) in [4.78, 5) is 10.8. The Balaban J connectivity index is 0.00000363. The first-order valence-corrected chi connectivity index (χ1v) is 12.0. The van der Waals surface area contributed by atoms with Crippen molar-refractivity contribution in [3.8, 4) is 5.82 Å². The number of sulfonamides is 1. The molecule has 1 N–H and O–H groups in total.